The zero-order valence-corrected chi connectivity index (χ0v) is 22.3. The summed E-state index contributed by atoms with van der Waals surface area (Å²) in [5, 5.41) is 2.69. The van der Waals surface area contributed by atoms with Crippen LogP contribution in [0.2, 0.25) is 0 Å². The van der Waals surface area contributed by atoms with E-state index in [1.807, 2.05) is 4.90 Å². The van der Waals surface area contributed by atoms with Crippen molar-refractivity contribution in [2.75, 3.05) is 50.7 Å². The van der Waals surface area contributed by atoms with Gasteiger partial charge in [0.15, 0.2) is 0 Å². The second-order valence-corrected chi connectivity index (χ2v) is 11.3. The lowest BCUT2D eigenvalue weighted by molar-refractivity contribution is -0.137. The fourth-order valence-electron chi connectivity index (χ4n) is 6.31. The Kier molecular flexibility index (Phi) is 8.35. The third kappa shape index (κ3) is 6.92. The molecule has 4 aliphatic rings. The number of carbonyl (C=O) groups excluding carboxylic acids is 1. The molecule has 1 aromatic rings. The summed E-state index contributed by atoms with van der Waals surface area (Å²) in [7, 11) is 0. The molecule has 1 N–H and O–H groups in total. The predicted molar refractivity (Wildman–Crippen MR) is 140 cm³/mol. The molecule has 4 aliphatic heterocycles. The van der Waals surface area contributed by atoms with E-state index in [0.717, 1.165) is 63.2 Å². The van der Waals surface area contributed by atoms with Crippen molar-refractivity contribution in [1.29, 1.82) is 0 Å². The number of allylic oxidation sites excluding steroid dienone is 1. The van der Waals surface area contributed by atoms with Crippen LogP contribution < -0.4 is 10.2 Å². The van der Waals surface area contributed by atoms with Gasteiger partial charge in [-0.15, -0.1) is 0 Å². The number of alkyl halides is 6. The molecule has 0 bridgehead atoms. The number of nitrogens with zero attached hydrogens (tertiary/aromatic N) is 4. The number of halogens is 6. The van der Waals surface area contributed by atoms with Crippen molar-refractivity contribution in [3.05, 3.63) is 41.6 Å². The molecule has 4 heterocycles. The van der Waals surface area contributed by atoms with E-state index < -0.39 is 23.5 Å². The number of piperidine rings is 1. The molecule has 220 valence electrons. The molecular weight excluding hydrogens is 536 g/mol. The highest BCUT2D eigenvalue weighted by atomic mass is 19.4. The molecule has 12 heteroatoms. The van der Waals surface area contributed by atoms with E-state index in [-0.39, 0.29) is 24.8 Å². The summed E-state index contributed by atoms with van der Waals surface area (Å²) in [6, 6.07) is 5.41. The van der Waals surface area contributed by atoms with Gasteiger partial charge in [-0.2, -0.15) is 26.3 Å². The molecule has 5 rings (SSSR count). The predicted octanol–water partition coefficient (Wildman–Crippen LogP) is 5.07. The SMILES string of the molecule is O=C(CCCN1CC2CN(c3ccc(C(F)(F)F)cc3)CC2C1)N1CCC(N=C2CCC(C(F)(F)F)=CN2)CC1. The summed E-state index contributed by atoms with van der Waals surface area (Å²) < 4.78 is 76.8. The fourth-order valence-corrected chi connectivity index (χ4v) is 6.31. The Morgan fingerprint density at radius 3 is 2.10 bits per heavy atom. The Balaban J connectivity index is 0.985. The summed E-state index contributed by atoms with van der Waals surface area (Å²) >= 11 is 0. The van der Waals surface area contributed by atoms with Crippen LogP contribution in [-0.4, -0.2) is 79.6 Å². The van der Waals surface area contributed by atoms with Gasteiger partial charge < -0.3 is 20.0 Å². The largest absolute Gasteiger partial charge is 0.416 e. The van der Waals surface area contributed by atoms with Gasteiger partial charge in [0, 0.05) is 69.6 Å². The average Bonchev–Trinajstić information content (AvgIpc) is 3.48. The summed E-state index contributed by atoms with van der Waals surface area (Å²) in [6.07, 6.45) is -4.78. The standard InChI is InChI=1S/C28H35F6N5O/c29-27(30,31)21-3-6-24(7-4-21)39-17-19-15-37(16-20(19)18-39)11-1-2-26(40)38-12-9-23(10-13-38)36-25-8-5-22(14-35-25)28(32,33)34/h3-4,6-7,14,19-20,23H,1-2,5,8-13,15-18H2,(H,35,36). The van der Waals surface area contributed by atoms with Crippen LogP contribution in [0.3, 0.4) is 0 Å². The van der Waals surface area contributed by atoms with Crippen LogP contribution in [0.25, 0.3) is 0 Å². The number of benzene rings is 1. The Morgan fingerprint density at radius 1 is 0.900 bits per heavy atom. The molecule has 2 unspecified atom stereocenters. The fraction of sp³-hybridized carbons (Fsp3) is 0.643. The van der Waals surface area contributed by atoms with Crippen molar-refractivity contribution in [3.63, 3.8) is 0 Å². The van der Waals surface area contributed by atoms with Crippen LogP contribution in [0.1, 0.15) is 44.1 Å². The Morgan fingerprint density at radius 2 is 1.55 bits per heavy atom. The topological polar surface area (TPSA) is 51.2 Å². The van der Waals surface area contributed by atoms with Crippen LogP contribution in [0, 0.1) is 11.8 Å². The van der Waals surface area contributed by atoms with Crippen molar-refractivity contribution in [1.82, 2.24) is 15.1 Å². The van der Waals surface area contributed by atoms with Crippen LogP contribution in [0.5, 0.6) is 0 Å². The van der Waals surface area contributed by atoms with Crippen molar-refractivity contribution in [2.24, 2.45) is 16.8 Å². The molecule has 1 aromatic carbocycles. The minimum Gasteiger partial charge on any atom is -0.371 e. The smallest absolute Gasteiger partial charge is 0.371 e. The number of rotatable bonds is 6. The number of likely N-dealkylation sites (tertiary alicyclic amines) is 2. The van der Waals surface area contributed by atoms with Gasteiger partial charge in [-0.1, -0.05) is 0 Å². The third-order valence-corrected chi connectivity index (χ3v) is 8.55. The monoisotopic (exact) mass is 571 g/mol. The summed E-state index contributed by atoms with van der Waals surface area (Å²) in [6.45, 7) is 5.61. The number of carbonyl (C=O) groups is 1. The maximum atomic E-state index is 12.8. The molecule has 0 spiro atoms. The number of amidine groups is 1. The highest BCUT2D eigenvalue weighted by molar-refractivity contribution is 5.84. The second-order valence-electron chi connectivity index (χ2n) is 11.3. The number of anilines is 1. The van der Waals surface area contributed by atoms with E-state index in [0.29, 0.717) is 50.0 Å². The summed E-state index contributed by atoms with van der Waals surface area (Å²) in [5.74, 6) is 1.67. The van der Waals surface area contributed by atoms with Gasteiger partial charge in [0.1, 0.15) is 5.84 Å². The maximum Gasteiger partial charge on any atom is 0.416 e. The summed E-state index contributed by atoms with van der Waals surface area (Å²) in [4.78, 5) is 23.8. The first-order valence-corrected chi connectivity index (χ1v) is 14.0. The van der Waals surface area contributed by atoms with Gasteiger partial charge in [-0.3, -0.25) is 9.79 Å². The number of nitrogens with one attached hydrogen (secondary N) is 1. The van der Waals surface area contributed by atoms with Gasteiger partial charge in [-0.05, 0) is 68.3 Å². The number of fused-ring (bicyclic) bond motifs is 1. The van der Waals surface area contributed by atoms with Crippen LogP contribution in [0.4, 0.5) is 32.0 Å². The van der Waals surface area contributed by atoms with Crippen molar-refractivity contribution in [2.45, 2.75) is 56.9 Å². The molecule has 2 atom stereocenters. The average molecular weight is 572 g/mol. The lowest BCUT2D eigenvalue weighted by atomic mass is 10.0. The zero-order chi connectivity index (χ0) is 28.5. The third-order valence-electron chi connectivity index (χ3n) is 8.55. The Labute approximate surface area is 230 Å². The van der Waals surface area contributed by atoms with Gasteiger partial charge in [0.05, 0.1) is 11.6 Å². The van der Waals surface area contributed by atoms with E-state index in [1.54, 1.807) is 12.1 Å². The van der Waals surface area contributed by atoms with Gasteiger partial charge in [-0.25, -0.2) is 0 Å². The second kappa shape index (κ2) is 11.6. The first kappa shape index (κ1) is 28.8. The molecule has 6 nitrogen and oxygen atoms in total. The van der Waals surface area contributed by atoms with E-state index in [4.69, 9.17) is 0 Å². The quantitative estimate of drug-likeness (QED) is 0.485. The molecular formula is C28H35F6N5O. The number of hydrogen-bond acceptors (Lipinski definition) is 4. The van der Waals surface area contributed by atoms with Crippen LogP contribution in [0.15, 0.2) is 41.0 Å². The highest BCUT2D eigenvalue weighted by Gasteiger charge is 2.40. The normalized spacial score (nSPS) is 25.8. The number of aliphatic imine (C=N–C) groups is 1. The minimum atomic E-state index is -4.33. The van der Waals surface area contributed by atoms with E-state index in [1.165, 1.54) is 0 Å². The first-order chi connectivity index (χ1) is 19.0. The Hall–Kier alpha value is -2.76. The summed E-state index contributed by atoms with van der Waals surface area (Å²) in [5.41, 5.74) is -0.364. The lowest BCUT2D eigenvalue weighted by Gasteiger charge is -2.31. The molecule has 3 fully saturated rings. The maximum absolute atomic E-state index is 12.8. The van der Waals surface area contributed by atoms with Crippen molar-refractivity contribution in [3.8, 4) is 0 Å². The van der Waals surface area contributed by atoms with Gasteiger partial charge in [0.25, 0.3) is 0 Å². The Bertz CT molecular complexity index is 1090. The number of hydrogen-bond donors (Lipinski definition) is 1. The highest BCUT2D eigenvalue weighted by Crippen LogP contribution is 2.36. The minimum absolute atomic E-state index is 0.0125. The molecule has 3 saturated heterocycles. The van der Waals surface area contributed by atoms with Crippen molar-refractivity contribution < 1.29 is 31.1 Å². The lowest BCUT2D eigenvalue weighted by Crippen LogP contribution is -2.40. The zero-order valence-electron chi connectivity index (χ0n) is 22.3. The van der Waals surface area contributed by atoms with Crippen LogP contribution in [-0.2, 0) is 11.0 Å². The molecule has 0 aromatic heterocycles. The first-order valence-electron chi connectivity index (χ1n) is 14.0. The van der Waals surface area contributed by atoms with Crippen LogP contribution >= 0.6 is 0 Å². The van der Waals surface area contributed by atoms with Crippen molar-refractivity contribution >= 4 is 17.4 Å². The van der Waals surface area contributed by atoms with Gasteiger partial charge in [0.2, 0.25) is 5.91 Å². The van der Waals surface area contributed by atoms with E-state index >= 15 is 0 Å². The molecule has 0 saturated carbocycles. The molecule has 40 heavy (non-hydrogen) atoms. The van der Waals surface area contributed by atoms with E-state index in [9.17, 15) is 31.1 Å². The van der Waals surface area contributed by atoms with Gasteiger partial charge >= 0.3 is 12.4 Å². The van der Waals surface area contributed by atoms with E-state index in [2.05, 4.69) is 20.1 Å². The molecule has 1 amide bonds. The number of amides is 1. The molecule has 0 aliphatic carbocycles. The molecule has 0 radical (unpaired) electrons.